The topological polar surface area (TPSA) is 104 Å². The molecule has 1 saturated heterocycles. The highest BCUT2D eigenvalue weighted by Crippen LogP contribution is 2.40. The van der Waals surface area contributed by atoms with E-state index in [1.54, 1.807) is 17.0 Å². The summed E-state index contributed by atoms with van der Waals surface area (Å²) in [4.78, 5) is 28.2. The average Bonchev–Trinajstić information content (AvgIpc) is 2.88. The van der Waals surface area contributed by atoms with Gasteiger partial charge in [0.1, 0.15) is 11.5 Å². The molecule has 8 heteroatoms. The number of hydrogen-bond donors (Lipinski definition) is 3. The Labute approximate surface area is 211 Å². The van der Waals surface area contributed by atoms with Crippen molar-refractivity contribution in [2.24, 2.45) is 0 Å². The molecule has 3 aliphatic rings. The summed E-state index contributed by atoms with van der Waals surface area (Å²) in [6.07, 6.45) is 3.12. The lowest BCUT2D eigenvalue weighted by molar-refractivity contribution is -0.133. The van der Waals surface area contributed by atoms with Gasteiger partial charge < -0.3 is 20.1 Å². The maximum Gasteiger partial charge on any atom is 0.251 e. The fourth-order valence-corrected chi connectivity index (χ4v) is 5.62. The highest BCUT2D eigenvalue weighted by atomic mass is 16.5. The first-order valence-electron chi connectivity index (χ1n) is 12.9. The minimum absolute atomic E-state index is 0.00602. The van der Waals surface area contributed by atoms with Gasteiger partial charge >= 0.3 is 0 Å². The van der Waals surface area contributed by atoms with Crippen LogP contribution in [0.5, 0.6) is 11.5 Å². The Kier molecular flexibility index (Phi) is 6.36. The molecule has 1 fully saturated rings. The van der Waals surface area contributed by atoms with Crippen LogP contribution in [-0.2, 0) is 4.79 Å². The van der Waals surface area contributed by atoms with Gasteiger partial charge in [-0.25, -0.2) is 0 Å². The number of guanidine groups is 1. The zero-order valence-corrected chi connectivity index (χ0v) is 21.1. The third-order valence-electron chi connectivity index (χ3n) is 7.82. The van der Waals surface area contributed by atoms with Gasteiger partial charge in [-0.2, -0.15) is 0 Å². The van der Waals surface area contributed by atoms with Gasteiger partial charge in [-0.15, -0.1) is 0 Å². The lowest BCUT2D eigenvalue weighted by Gasteiger charge is -2.45. The van der Waals surface area contributed by atoms with Crippen molar-refractivity contribution in [1.82, 2.24) is 15.5 Å². The molecule has 0 aliphatic carbocycles. The lowest BCUT2D eigenvalue weighted by atomic mass is 9.85. The Morgan fingerprint density at radius 3 is 2.69 bits per heavy atom. The highest BCUT2D eigenvalue weighted by Gasteiger charge is 2.43. The Bertz CT molecular complexity index is 1170. The highest BCUT2D eigenvalue weighted by molar-refractivity contribution is 6.00. The van der Waals surface area contributed by atoms with Crippen LogP contribution in [-0.4, -0.2) is 40.9 Å². The normalized spacial score (nSPS) is 24.5. The summed E-state index contributed by atoms with van der Waals surface area (Å²) >= 11 is 0. The number of nitrogens with one attached hydrogen (secondary N) is 3. The molecular formula is C28H34N4O4. The summed E-state index contributed by atoms with van der Waals surface area (Å²) in [5.74, 6) is 1.31. The molecule has 3 aliphatic heterocycles. The van der Waals surface area contributed by atoms with Crippen LogP contribution in [0.15, 0.2) is 42.5 Å². The van der Waals surface area contributed by atoms with Crippen molar-refractivity contribution in [2.75, 3.05) is 6.61 Å². The molecule has 3 atom stereocenters. The maximum absolute atomic E-state index is 13.4. The molecule has 190 valence electrons. The van der Waals surface area contributed by atoms with E-state index in [4.69, 9.17) is 14.9 Å². The molecule has 0 unspecified atom stereocenters. The molecule has 3 heterocycles. The largest absolute Gasteiger partial charge is 0.493 e. The maximum atomic E-state index is 13.4. The number of ether oxygens (including phenoxy) is 2. The number of hydrogen-bond acceptors (Lipinski definition) is 5. The van der Waals surface area contributed by atoms with E-state index in [2.05, 4.69) is 10.6 Å². The van der Waals surface area contributed by atoms with Crippen LogP contribution < -0.4 is 20.1 Å². The van der Waals surface area contributed by atoms with Crippen molar-refractivity contribution in [3.8, 4) is 11.5 Å². The second-order valence-corrected chi connectivity index (χ2v) is 10.0. The average molecular weight is 491 g/mol. The molecule has 2 amide bonds. The van der Waals surface area contributed by atoms with E-state index in [9.17, 15) is 9.59 Å². The van der Waals surface area contributed by atoms with Crippen molar-refractivity contribution < 1.29 is 19.1 Å². The first kappa shape index (κ1) is 24.2. The van der Waals surface area contributed by atoms with Crippen LogP contribution in [0.25, 0.3) is 0 Å². The molecule has 8 nitrogen and oxygen atoms in total. The van der Waals surface area contributed by atoms with Crippen molar-refractivity contribution in [3.63, 3.8) is 0 Å². The van der Waals surface area contributed by atoms with E-state index < -0.39 is 0 Å². The van der Waals surface area contributed by atoms with E-state index >= 15 is 0 Å². The van der Waals surface area contributed by atoms with Gasteiger partial charge in [0.2, 0.25) is 5.91 Å². The summed E-state index contributed by atoms with van der Waals surface area (Å²) in [7, 11) is 0. The zero-order valence-electron chi connectivity index (χ0n) is 21.1. The Morgan fingerprint density at radius 1 is 1.17 bits per heavy atom. The van der Waals surface area contributed by atoms with E-state index in [1.807, 2.05) is 51.1 Å². The minimum atomic E-state index is -0.377. The van der Waals surface area contributed by atoms with Crippen LogP contribution >= 0.6 is 0 Å². The number of para-hydroxylation sites is 1. The number of benzene rings is 2. The molecule has 2 aromatic rings. The molecule has 0 spiro atoms. The smallest absolute Gasteiger partial charge is 0.251 e. The van der Waals surface area contributed by atoms with Crippen LogP contribution in [0.4, 0.5) is 0 Å². The number of carbonyl (C=O) groups excluding carboxylic acids is 2. The van der Waals surface area contributed by atoms with Gasteiger partial charge in [-0.3, -0.25) is 19.9 Å². The molecule has 5 rings (SSSR count). The van der Waals surface area contributed by atoms with Gasteiger partial charge in [0, 0.05) is 35.1 Å². The fraction of sp³-hybridized carbons (Fsp3) is 0.464. The van der Waals surface area contributed by atoms with Crippen LogP contribution in [0.1, 0.15) is 86.4 Å². The van der Waals surface area contributed by atoms with Crippen LogP contribution in [0.3, 0.4) is 0 Å². The molecule has 36 heavy (non-hydrogen) atoms. The molecule has 2 aromatic carbocycles. The van der Waals surface area contributed by atoms with Gasteiger partial charge in [0.15, 0.2) is 5.96 Å². The monoisotopic (exact) mass is 490 g/mol. The third-order valence-corrected chi connectivity index (χ3v) is 7.82. The molecular weight excluding hydrogens is 456 g/mol. The first-order chi connectivity index (χ1) is 17.3. The van der Waals surface area contributed by atoms with Crippen molar-refractivity contribution in [1.29, 1.82) is 5.41 Å². The van der Waals surface area contributed by atoms with E-state index in [0.29, 0.717) is 37.2 Å². The number of carbonyl (C=O) groups is 2. The van der Waals surface area contributed by atoms with E-state index in [1.165, 1.54) is 0 Å². The van der Waals surface area contributed by atoms with Crippen molar-refractivity contribution in [2.45, 2.75) is 76.6 Å². The molecule has 3 N–H and O–H groups in total. The second kappa shape index (κ2) is 9.48. The Hall–Kier alpha value is -3.55. The minimum Gasteiger partial charge on any atom is -0.493 e. The van der Waals surface area contributed by atoms with Crippen LogP contribution in [0, 0.1) is 5.41 Å². The lowest BCUT2D eigenvalue weighted by Crippen LogP contribution is -2.62. The van der Waals surface area contributed by atoms with Gasteiger partial charge in [0.25, 0.3) is 5.91 Å². The zero-order chi connectivity index (χ0) is 25.4. The predicted octanol–water partition coefficient (Wildman–Crippen LogP) is 4.47. The van der Waals surface area contributed by atoms with E-state index in [0.717, 1.165) is 29.7 Å². The summed E-state index contributed by atoms with van der Waals surface area (Å²) < 4.78 is 11.8. The first-order valence-corrected chi connectivity index (χ1v) is 12.9. The summed E-state index contributed by atoms with van der Waals surface area (Å²) in [6.45, 7) is 6.53. The van der Waals surface area contributed by atoms with Gasteiger partial charge in [0.05, 0.1) is 31.2 Å². The van der Waals surface area contributed by atoms with Crippen LogP contribution in [0.2, 0.25) is 0 Å². The fourth-order valence-electron chi connectivity index (χ4n) is 5.62. The number of nitrogens with zero attached hydrogens (tertiary/aromatic N) is 1. The Morgan fingerprint density at radius 2 is 1.94 bits per heavy atom. The SMILES string of the molecule is CCC1(CC)CC(=O)N([C@@H]2CCOc3ccc(C(=O)N[C@@H]4C[C@@H](C)Oc5ccccc54)cc32)C(=N)N1. The number of rotatable bonds is 5. The second-order valence-electron chi connectivity index (χ2n) is 10.0. The molecule has 0 bridgehead atoms. The molecule has 0 aromatic heterocycles. The van der Waals surface area contributed by atoms with Crippen molar-refractivity contribution >= 4 is 17.8 Å². The standard InChI is InChI=1S/C28H34N4O4/c1-4-28(5-2)16-25(33)32(27(29)31-28)22-12-13-35-23-11-10-18(15-20(22)23)26(34)30-21-14-17(3)36-24-9-7-6-8-19(21)24/h6-11,15,17,21-22H,4-5,12-14,16H2,1-3H3,(H2,29,31)(H,30,34)/t17-,21-,22-/m1/s1. The number of amides is 2. The number of fused-ring (bicyclic) bond motifs is 2. The molecule has 0 radical (unpaired) electrons. The summed E-state index contributed by atoms with van der Waals surface area (Å²) in [5, 5.41) is 15.1. The van der Waals surface area contributed by atoms with Gasteiger partial charge in [-0.05, 0) is 44.0 Å². The van der Waals surface area contributed by atoms with Gasteiger partial charge in [-0.1, -0.05) is 32.0 Å². The summed E-state index contributed by atoms with van der Waals surface area (Å²) in [6, 6.07) is 12.6. The quantitative estimate of drug-likeness (QED) is 0.574. The molecule has 0 saturated carbocycles. The third kappa shape index (κ3) is 4.29. The Balaban J connectivity index is 1.40. The van der Waals surface area contributed by atoms with E-state index in [-0.39, 0.29) is 41.5 Å². The predicted molar refractivity (Wildman–Crippen MR) is 136 cm³/mol. The summed E-state index contributed by atoms with van der Waals surface area (Å²) in [5.41, 5.74) is 1.85. The van der Waals surface area contributed by atoms with Crippen molar-refractivity contribution in [3.05, 3.63) is 59.2 Å².